The Morgan fingerprint density at radius 2 is 1.90 bits per heavy atom. The van der Waals surface area contributed by atoms with E-state index < -0.39 is 5.56 Å². The zero-order valence-electron chi connectivity index (χ0n) is 17.9. The Hall–Kier alpha value is -3.32. The number of hydrogen-bond acceptors (Lipinski definition) is 6. The minimum atomic E-state index is -0.488. The van der Waals surface area contributed by atoms with Gasteiger partial charge in [-0.3, -0.25) is 10.2 Å². The number of H-pyrrole nitrogens is 1. The molecule has 162 valence electrons. The van der Waals surface area contributed by atoms with Gasteiger partial charge in [0.1, 0.15) is 17.3 Å². The second-order valence-electron chi connectivity index (χ2n) is 7.94. The molecule has 1 aromatic heterocycles. The number of aromatic nitrogens is 2. The zero-order valence-corrected chi connectivity index (χ0v) is 18.7. The number of nitrogens with zero attached hydrogens (tertiary/aromatic N) is 2. The van der Waals surface area contributed by atoms with E-state index in [1.54, 1.807) is 19.4 Å². The highest BCUT2D eigenvalue weighted by Crippen LogP contribution is 2.29. The number of nitrogens with one attached hydrogen (secondary N) is 2. The molecule has 0 amide bonds. The Bertz CT molecular complexity index is 1120. The van der Waals surface area contributed by atoms with E-state index in [1.165, 1.54) is 11.8 Å². The molecule has 0 unspecified atom stereocenters. The van der Waals surface area contributed by atoms with Crippen molar-refractivity contribution >= 4 is 23.5 Å². The number of methoxy groups -OCH3 is 1. The number of halogens is 1. The molecule has 0 atom stereocenters. The molecule has 0 aliphatic rings. The largest absolute Gasteiger partial charge is 0.493 e. The molecule has 0 saturated carbocycles. The summed E-state index contributed by atoms with van der Waals surface area (Å²) in [5, 5.41) is 10.0. The molecule has 0 saturated heterocycles. The smallest absolute Gasteiger partial charge is 0.285 e. The van der Waals surface area contributed by atoms with Crippen LogP contribution in [0, 0.1) is 0 Å². The predicted octanol–water partition coefficient (Wildman–Crippen LogP) is 4.75. The van der Waals surface area contributed by atoms with E-state index in [2.05, 4.69) is 65.8 Å². The first-order valence-electron chi connectivity index (χ1n) is 9.70. The van der Waals surface area contributed by atoms with E-state index >= 15 is 0 Å². The number of benzene rings is 2. The second kappa shape index (κ2) is 9.66. The molecule has 0 bridgehead atoms. The molecule has 3 rings (SSSR count). The molecule has 8 heteroatoms. The fraction of sp³-hybridized carbons (Fsp3) is 0.261. The lowest BCUT2D eigenvalue weighted by atomic mass is 9.87. The van der Waals surface area contributed by atoms with Crippen LogP contribution in [0.25, 0.3) is 0 Å². The number of hydrogen-bond donors (Lipinski definition) is 2. The summed E-state index contributed by atoms with van der Waals surface area (Å²) in [5.41, 5.74) is 5.78. The monoisotopic (exact) mass is 440 g/mol. The lowest BCUT2D eigenvalue weighted by Crippen LogP contribution is -2.10. The molecule has 31 heavy (non-hydrogen) atoms. The topological polar surface area (TPSA) is 88.6 Å². The maximum Gasteiger partial charge on any atom is 0.285 e. The first kappa shape index (κ1) is 22.4. The summed E-state index contributed by atoms with van der Waals surface area (Å²) in [4.78, 5) is 11.4. The lowest BCUT2D eigenvalue weighted by molar-refractivity contribution is 0.284. The van der Waals surface area contributed by atoms with Gasteiger partial charge in [0.15, 0.2) is 11.5 Å². The van der Waals surface area contributed by atoms with E-state index in [0.717, 1.165) is 11.1 Å². The zero-order chi connectivity index (χ0) is 22.4. The minimum absolute atomic E-state index is 0.0102. The van der Waals surface area contributed by atoms with Crippen LogP contribution in [0.1, 0.15) is 37.5 Å². The molecule has 3 aromatic rings. The van der Waals surface area contributed by atoms with Crippen LogP contribution >= 0.6 is 11.6 Å². The standard InChI is InChI=1S/C23H25ClN4O3/c1-23(2,3)17-8-5-15(6-9-17)14-31-19-10-7-16(11-20(19)30-4)12-25-27-18-13-26-28-22(29)21(18)24/h5-13H,14H2,1-4H3,(H2,27,28,29)/b25-12-. The van der Waals surface area contributed by atoms with Gasteiger partial charge < -0.3 is 9.47 Å². The van der Waals surface area contributed by atoms with E-state index in [4.69, 9.17) is 21.1 Å². The number of hydrazone groups is 1. The average Bonchev–Trinajstić information content (AvgIpc) is 2.75. The van der Waals surface area contributed by atoms with Crippen LogP contribution < -0.4 is 20.5 Å². The number of anilines is 1. The fourth-order valence-electron chi connectivity index (χ4n) is 2.78. The van der Waals surface area contributed by atoms with Gasteiger partial charge in [-0.05, 0) is 40.3 Å². The Morgan fingerprint density at radius 1 is 1.16 bits per heavy atom. The maximum absolute atomic E-state index is 11.4. The Morgan fingerprint density at radius 3 is 2.58 bits per heavy atom. The molecule has 0 fully saturated rings. The molecule has 7 nitrogen and oxygen atoms in total. The third kappa shape index (κ3) is 5.86. The predicted molar refractivity (Wildman–Crippen MR) is 124 cm³/mol. The van der Waals surface area contributed by atoms with Crippen LogP contribution in [-0.2, 0) is 12.0 Å². The number of aromatic amines is 1. The van der Waals surface area contributed by atoms with E-state index in [1.807, 2.05) is 12.1 Å². The Labute approximate surface area is 186 Å². The molecule has 1 heterocycles. The van der Waals surface area contributed by atoms with Crippen molar-refractivity contribution in [3.63, 3.8) is 0 Å². The molecule has 2 N–H and O–H groups in total. The third-order valence-corrected chi connectivity index (χ3v) is 4.97. The van der Waals surface area contributed by atoms with Crippen molar-refractivity contribution in [1.82, 2.24) is 10.2 Å². The quantitative estimate of drug-likeness (QED) is 0.408. The van der Waals surface area contributed by atoms with Crippen molar-refractivity contribution < 1.29 is 9.47 Å². The van der Waals surface area contributed by atoms with Crippen molar-refractivity contribution in [3.05, 3.63) is 80.7 Å². The summed E-state index contributed by atoms with van der Waals surface area (Å²) in [6.07, 6.45) is 2.96. The molecule has 2 aromatic carbocycles. The highest BCUT2D eigenvalue weighted by molar-refractivity contribution is 6.32. The van der Waals surface area contributed by atoms with Crippen molar-refractivity contribution in [2.75, 3.05) is 12.5 Å². The summed E-state index contributed by atoms with van der Waals surface area (Å²) < 4.78 is 11.4. The van der Waals surface area contributed by atoms with Crippen molar-refractivity contribution in [2.45, 2.75) is 32.8 Å². The molecule has 0 aliphatic heterocycles. The SMILES string of the molecule is COc1cc(/C=N\Nc2cn[nH]c(=O)c2Cl)ccc1OCc1ccc(C(C)(C)C)cc1. The van der Waals surface area contributed by atoms with Gasteiger partial charge in [-0.1, -0.05) is 56.6 Å². The van der Waals surface area contributed by atoms with Gasteiger partial charge in [-0.2, -0.15) is 10.2 Å². The van der Waals surface area contributed by atoms with Crippen LogP contribution in [0.15, 0.2) is 58.6 Å². The highest BCUT2D eigenvalue weighted by Gasteiger charge is 2.13. The van der Waals surface area contributed by atoms with Crippen molar-refractivity contribution in [2.24, 2.45) is 5.10 Å². The van der Waals surface area contributed by atoms with Gasteiger partial charge in [-0.15, -0.1) is 0 Å². The summed E-state index contributed by atoms with van der Waals surface area (Å²) in [6.45, 7) is 7.00. The van der Waals surface area contributed by atoms with Crippen LogP contribution in [-0.4, -0.2) is 23.5 Å². The summed E-state index contributed by atoms with van der Waals surface area (Å²) in [7, 11) is 1.58. The Balaban J connectivity index is 1.65. The highest BCUT2D eigenvalue weighted by atomic mass is 35.5. The summed E-state index contributed by atoms with van der Waals surface area (Å²) in [6, 6.07) is 13.9. The normalized spacial score (nSPS) is 11.5. The molecular formula is C23H25ClN4O3. The first-order chi connectivity index (χ1) is 14.8. The van der Waals surface area contributed by atoms with Crippen LogP contribution in [0.2, 0.25) is 5.02 Å². The van der Waals surface area contributed by atoms with Crippen LogP contribution in [0.3, 0.4) is 0 Å². The third-order valence-electron chi connectivity index (χ3n) is 4.60. The van der Waals surface area contributed by atoms with Gasteiger partial charge >= 0.3 is 0 Å². The number of rotatable bonds is 7. The van der Waals surface area contributed by atoms with E-state index in [-0.39, 0.29) is 10.4 Å². The number of ether oxygens (including phenoxy) is 2. The average molecular weight is 441 g/mol. The van der Waals surface area contributed by atoms with Crippen LogP contribution in [0.4, 0.5) is 5.69 Å². The fourth-order valence-corrected chi connectivity index (χ4v) is 2.92. The Kier molecular flexibility index (Phi) is 6.97. The lowest BCUT2D eigenvalue weighted by Gasteiger charge is -2.19. The van der Waals surface area contributed by atoms with Gasteiger partial charge in [-0.25, -0.2) is 5.10 Å². The maximum atomic E-state index is 11.4. The molecule has 0 spiro atoms. The van der Waals surface area contributed by atoms with Crippen molar-refractivity contribution in [3.8, 4) is 11.5 Å². The van der Waals surface area contributed by atoms with E-state index in [0.29, 0.717) is 23.8 Å². The van der Waals surface area contributed by atoms with Gasteiger partial charge in [0.05, 0.1) is 19.5 Å². The molecule has 0 aliphatic carbocycles. The summed E-state index contributed by atoms with van der Waals surface area (Å²) in [5.74, 6) is 1.22. The van der Waals surface area contributed by atoms with Gasteiger partial charge in [0.25, 0.3) is 5.56 Å². The van der Waals surface area contributed by atoms with Gasteiger partial charge in [0, 0.05) is 0 Å². The van der Waals surface area contributed by atoms with Gasteiger partial charge in [0.2, 0.25) is 0 Å². The first-order valence-corrected chi connectivity index (χ1v) is 10.1. The van der Waals surface area contributed by atoms with Crippen LogP contribution in [0.5, 0.6) is 11.5 Å². The minimum Gasteiger partial charge on any atom is -0.493 e. The molecule has 0 radical (unpaired) electrons. The van der Waals surface area contributed by atoms with E-state index in [9.17, 15) is 4.79 Å². The second-order valence-corrected chi connectivity index (χ2v) is 8.32. The summed E-state index contributed by atoms with van der Waals surface area (Å²) >= 11 is 5.90. The molecular weight excluding hydrogens is 416 g/mol. The van der Waals surface area contributed by atoms with Crippen molar-refractivity contribution in [1.29, 1.82) is 0 Å².